The summed E-state index contributed by atoms with van der Waals surface area (Å²) in [6.45, 7) is 1.14. The summed E-state index contributed by atoms with van der Waals surface area (Å²) in [7, 11) is 1.55. The predicted molar refractivity (Wildman–Crippen MR) is 115 cm³/mol. The van der Waals surface area contributed by atoms with Crippen LogP contribution in [0.1, 0.15) is 17.5 Å². The van der Waals surface area contributed by atoms with Crippen molar-refractivity contribution in [3.05, 3.63) is 63.9 Å². The molecule has 1 aliphatic rings. The van der Waals surface area contributed by atoms with Crippen LogP contribution in [0.4, 0.5) is 5.95 Å². The summed E-state index contributed by atoms with van der Waals surface area (Å²) in [6.07, 6.45) is 2.32. The number of nitrogens with one attached hydrogen (secondary N) is 2. The van der Waals surface area contributed by atoms with Crippen molar-refractivity contribution < 1.29 is 14.2 Å². The second kappa shape index (κ2) is 9.00. The number of methoxy groups -OCH3 is 1. The van der Waals surface area contributed by atoms with E-state index < -0.39 is 5.56 Å². The van der Waals surface area contributed by atoms with Crippen LogP contribution in [0, 0.1) is 11.3 Å². The number of aromatic amines is 1. The molecule has 156 valence electrons. The average Bonchev–Trinajstić information content (AvgIpc) is 3.03. The highest BCUT2D eigenvalue weighted by atomic mass is 16.5. The first-order valence-electron chi connectivity index (χ1n) is 9.56. The number of H-pyrrole nitrogens is 1. The molecule has 1 aromatic heterocycles. The maximum absolute atomic E-state index is 12.3. The lowest BCUT2D eigenvalue weighted by Gasteiger charge is -2.11. The highest BCUT2D eigenvalue weighted by Crippen LogP contribution is 2.35. The third-order valence-corrected chi connectivity index (χ3v) is 4.55. The number of rotatable bonds is 5. The number of ether oxygens (including phenoxy) is 3. The van der Waals surface area contributed by atoms with Gasteiger partial charge in [-0.2, -0.15) is 10.4 Å². The highest BCUT2D eigenvalue weighted by molar-refractivity contribution is 5.85. The lowest BCUT2D eigenvalue weighted by Crippen LogP contribution is -2.16. The number of hydrogen-bond acceptors (Lipinski definition) is 8. The standard InChI is InChI=1S/C22H19N5O4/c1-29-17-11-19-18(30-8-5-9-31-19)10-15(17)13-24-27-22-25-20(14-6-3-2-4-7-14)16(12-23)21(28)26-22/h2-4,6-7,10-11,13H,5,8-9H2,1H3,(H2,25,26,27,28). The van der Waals surface area contributed by atoms with Gasteiger partial charge >= 0.3 is 0 Å². The van der Waals surface area contributed by atoms with Crippen molar-refractivity contribution >= 4 is 12.2 Å². The van der Waals surface area contributed by atoms with Gasteiger partial charge < -0.3 is 14.2 Å². The fraction of sp³-hybridized carbons (Fsp3) is 0.182. The Bertz CT molecular complexity index is 1220. The van der Waals surface area contributed by atoms with Crippen molar-refractivity contribution in [3.63, 3.8) is 0 Å². The Hall–Kier alpha value is -4.32. The normalized spacial score (nSPS) is 12.8. The van der Waals surface area contributed by atoms with Crippen molar-refractivity contribution in [1.29, 1.82) is 5.26 Å². The SMILES string of the molecule is COc1cc2c(cc1C=NNc1nc(-c3ccccc3)c(C#N)c(=O)[nH]1)OCCCO2. The highest BCUT2D eigenvalue weighted by Gasteiger charge is 2.15. The molecule has 9 heteroatoms. The van der Waals surface area contributed by atoms with Gasteiger partial charge in [-0.1, -0.05) is 30.3 Å². The maximum atomic E-state index is 12.3. The minimum absolute atomic E-state index is 0.0645. The van der Waals surface area contributed by atoms with Gasteiger partial charge in [-0.15, -0.1) is 0 Å². The van der Waals surface area contributed by atoms with Gasteiger partial charge in [-0.05, 0) is 6.07 Å². The zero-order valence-electron chi connectivity index (χ0n) is 16.7. The van der Waals surface area contributed by atoms with E-state index in [1.54, 1.807) is 43.5 Å². The van der Waals surface area contributed by atoms with Crippen LogP contribution in [0.3, 0.4) is 0 Å². The Balaban J connectivity index is 1.63. The van der Waals surface area contributed by atoms with E-state index in [9.17, 15) is 10.1 Å². The third-order valence-electron chi connectivity index (χ3n) is 4.55. The van der Waals surface area contributed by atoms with Crippen LogP contribution in [0.25, 0.3) is 11.3 Å². The first-order chi connectivity index (χ1) is 15.2. The second-order valence-electron chi connectivity index (χ2n) is 6.58. The Morgan fingerprint density at radius 1 is 1.23 bits per heavy atom. The first kappa shape index (κ1) is 20.0. The van der Waals surface area contributed by atoms with E-state index in [1.165, 1.54) is 6.21 Å². The fourth-order valence-electron chi connectivity index (χ4n) is 3.08. The molecule has 3 aromatic rings. The smallest absolute Gasteiger partial charge is 0.270 e. The molecule has 0 bridgehead atoms. The monoisotopic (exact) mass is 417 g/mol. The number of aromatic nitrogens is 2. The van der Waals surface area contributed by atoms with Gasteiger partial charge in [0, 0.05) is 23.6 Å². The van der Waals surface area contributed by atoms with Crippen LogP contribution in [0.2, 0.25) is 0 Å². The van der Waals surface area contributed by atoms with Crippen molar-refractivity contribution in [3.8, 4) is 34.6 Å². The van der Waals surface area contributed by atoms with E-state index in [1.807, 2.05) is 12.1 Å². The molecule has 2 aromatic carbocycles. The molecule has 2 N–H and O–H groups in total. The largest absolute Gasteiger partial charge is 0.496 e. The van der Waals surface area contributed by atoms with Gasteiger partial charge in [-0.3, -0.25) is 9.78 Å². The van der Waals surface area contributed by atoms with E-state index >= 15 is 0 Å². The third kappa shape index (κ3) is 4.33. The molecule has 9 nitrogen and oxygen atoms in total. The minimum Gasteiger partial charge on any atom is -0.496 e. The van der Waals surface area contributed by atoms with E-state index in [-0.39, 0.29) is 17.2 Å². The van der Waals surface area contributed by atoms with Crippen molar-refractivity contribution in [2.75, 3.05) is 25.7 Å². The zero-order valence-corrected chi connectivity index (χ0v) is 16.7. The van der Waals surface area contributed by atoms with Crippen LogP contribution in [-0.4, -0.2) is 36.5 Å². The van der Waals surface area contributed by atoms with Crippen molar-refractivity contribution in [2.24, 2.45) is 5.10 Å². The van der Waals surface area contributed by atoms with Crippen LogP contribution in [0.5, 0.6) is 17.2 Å². The Morgan fingerprint density at radius 2 is 1.97 bits per heavy atom. The maximum Gasteiger partial charge on any atom is 0.270 e. The van der Waals surface area contributed by atoms with Gasteiger partial charge in [0.25, 0.3) is 5.56 Å². The molecule has 0 radical (unpaired) electrons. The van der Waals surface area contributed by atoms with Crippen molar-refractivity contribution in [2.45, 2.75) is 6.42 Å². The molecule has 0 spiro atoms. The van der Waals surface area contributed by atoms with Crippen molar-refractivity contribution in [1.82, 2.24) is 9.97 Å². The first-order valence-corrected chi connectivity index (χ1v) is 9.56. The van der Waals surface area contributed by atoms with E-state index in [0.717, 1.165) is 6.42 Å². The molecule has 2 heterocycles. The lowest BCUT2D eigenvalue weighted by atomic mass is 10.1. The summed E-state index contributed by atoms with van der Waals surface area (Å²) in [5.41, 5.74) is 3.67. The fourth-order valence-corrected chi connectivity index (χ4v) is 3.08. The molecule has 0 amide bonds. The second-order valence-corrected chi connectivity index (χ2v) is 6.58. The van der Waals surface area contributed by atoms with E-state index in [2.05, 4.69) is 20.5 Å². The number of benzene rings is 2. The number of fused-ring (bicyclic) bond motifs is 1. The lowest BCUT2D eigenvalue weighted by molar-refractivity contribution is 0.296. The quantitative estimate of drug-likeness (QED) is 0.483. The average molecular weight is 417 g/mol. The Labute approximate surface area is 177 Å². The molecule has 4 rings (SSSR count). The van der Waals surface area contributed by atoms with Crippen LogP contribution in [0.15, 0.2) is 52.4 Å². The Morgan fingerprint density at radius 3 is 2.68 bits per heavy atom. The van der Waals surface area contributed by atoms with Crippen LogP contribution in [-0.2, 0) is 0 Å². The summed E-state index contributed by atoms with van der Waals surface area (Å²) in [5.74, 6) is 1.88. The molecule has 0 saturated heterocycles. The number of nitriles is 1. The van der Waals surface area contributed by atoms with Crippen LogP contribution >= 0.6 is 0 Å². The minimum atomic E-state index is -0.554. The zero-order chi connectivity index (χ0) is 21.6. The van der Waals surface area contributed by atoms with Gasteiger partial charge in [0.15, 0.2) is 11.5 Å². The summed E-state index contributed by atoms with van der Waals surface area (Å²) < 4.78 is 16.8. The van der Waals surface area contributed by atoms with Crippen LogP contribution < -0.4 is 25.2 Å². The molecule has 0 unspecified atom stereocenters. The summed E-state index contributed by atoms with van der Waals surface area (Å²) in [5, 5.41) is 13.5. The molecular weight excluding hydrogens is 398 g/mol. The topological polar surface area (TPSA) is 122 Å². The molecule has 0 atom stereocenters. The van der Waals surface area contributed by atoms with Gasteiger partial charge in [0.1, 0.15) is 17.4 Å². The summed E-state index contributed by atoms with van der Waals surface area (Å²) >= 11 is 0. The van der Waals surface area contributed by atoms with E-state index in [0.29, 0.717) is 41.6 Å². The van der Waals surface area contributed by atoms with Gasteiger partial charge in [0.05, 0.1) is 32.2 Å². The molecule has 31 heavy (non-hydrogen) atoms. The van der Waals surface area contributed by atoms with Gasteiger partial charge in [-0.25, -0.2) is 10.4 Å². The molecule has 0 aliphatic carbocycles. The number of hydrogen-bond donors (Lipinski definition) is 2. The number of anilines is 1. The summed E-state index contributed by atoms with van der Waals surface area (Å²) in [6, 6.07) is 14.4. The molecule has 0 saturated carbocycles. The molecule has 0 fully saturated rings. The summed E-state index contributed by atoms with van der Waals surface area (Å²) in [4.78, 5) is 19.2. The number of hydrazone groups is 1. The Kier molecular flexibility index (Phi) is 5.80. The molecular formula is C22H19N5O4. The molecule has 1 aliphatic heterocycles. The predicted octanol–water partition coefficient (Wildman–Crippen LogP) is 2.92. The number of nitrogens with zero attached hydrogens (tertiary/aromatic N) is 3. The van der Waals surface area contributed by atoms with Gasteiger partial charge in [0.2, 0.25) is 5.95 Å². The van der Waals surface area contributed by atoms with E-state index in [4.69, 9.17) is 14.2 Å².